The summed E-state index contributed by atoms with van der Waals surface area (Å²) in [5.41, 5.74) is 3.43. The van der Waals surface area contributed by atoms with E-state index in [-0.39, 0.29) is 5.82 Å². The molecule has 0 saturated carbocycles. The first-order chi connectivity index (χ1) is 10.3. The molecule has 0 saturated heterocycles. The Bertz CT molecular complexity index is 758. The lowest BCUT2D eigenvalue weighted by molar-refractivity contribution is 0.625. The topological polar surface area (TPSA) is 66.5 Å². The molecule has 3 rings (SSSR count). The van der Waals surface area contributed by atoms with Crippen LogP contribution in [0, 0.1) is 5.82 Å². The number of anilines is 1. The number of aromatic amines is 1. The smallest absolute Gasteiger partial charge is 0.182 e. The van der Waals surface area contributed by atoms with Crippen LogP contribution in [-0.2, 0) is 12.3 Å². The van der Waals surface area contributed by atoms with Crippen molar-refractivity contribution in [2.45, 2.75) is 12.3 Å². The molecule has 7 heteroatoms. The molecule has 1 aromatic carbocycles. The molecule has 2 N–H and O–H groups in total. The summed E-state index contributed by atoms with van der Waals surface area (Å²) in [5.74, 6) is 1.26. The van der Waals surface area contributed by atoms with Gasteiger partial charge in [0.15, 0.2) is 11.5 Å². The zero-order valence-electron chi connectivity index (χ0n) is 11.4. The van der Waals surface area contributed by atoms with Gasteiger partial charge in [0.2, 0.25) is 0 Å². The van der Waals surface area contributed by atoms with Gasteiger partial charge in [0.25, 0.3) is 0 Å². The first-order valence-corrected chi connectivity index (χ1v) is 7.81. The number of imidazole rings is 1. The fourth-order valence-corrected chi connectivity index (χ4v) is 2.71. The van der Waals surface area contributed by atoms with E-state index in [2.05, 4.69) is 25.3 Å². The van der Waals surface area contributed by atoms with Gasteiger partial charge in [0.1, 0.15) is 17.7 Å². The number of nitrogens with zero attached hydrogens (tertiary/aromatic N) is 3. The minimum absolute atomic E-state index is 0.208. The quantitative estimate of drug-likeness (QED) is 0.758. The van der Waals surface area contributed by atoms with Crippen molar-refractivity contribution in [3.05, 3.63) is 47.8 Å². The molecule has 2 heterocycles. The van der Waals surface area contributed by atoms with Gasteiger partial charge in [0, 0.05) is 12.3 Å². The SMILES string of the molecule is CSCc1cc(F)ccc1CNc1ncnc2nc[nH]c12. The van der Waals surface area contributed by atoms with E-state index >= 15 is 0 Å². The van der Waals surface area contributed by atoms with Gasteiger partial charge in [-0.1, -0.05) is 6.07 Å². The van der Waals surface area contributed by atoms with Gasteiger partial charge in [-0.05, 0) is 29.5 Å². The minimum Gasteiger partial charge on any atom is -0.364 e. The molecule has 0 fully saturated rings. The molecule has 0 aliphatic carbocycles. The van der Waals surface area contributed by atoms with E-state index in [1.807, 2.05) is 6.26 Å². The number of aromatic nitrogens is 4. The van der Waals surface area contributed by atoms with Crippen molar-refractivity contribution in [3.63, 3.8) is 0 Å². The van der Waals surface area contributed by atoms with Crippen molar-refractivity contribution in [1.82, 2.24) is 19.9 Å². The number of H-pyrrole nitrogens is 1. The van der Waals surface area contributed by atoms with Crippen LogP contribution in [0.3, 0.4) is 0 Å². The number of nitrogens with one attached hydrogen (secondary N) is 2. The van der Waals surface area contributed by atoms with Crippen LogP contribution >= 0.6 is 11.8 Å². The second-order valence-corrected chi connectivity index (χ2v) is 5.39. The summed E-state index contributed by atoms with van der Waals surface area (Å²) in [7, 11) is 0. The zero-order valence-corrected chi connectivity index (χ0v) is 12.2. The molecule has 0 bridgehead atoms. The maximum Gasteiger partial charge on any atom is 0.182 e. The Kier molecular flexibility index (Phi) is 4.01. The molecule has 0 aliphatic heterocycles. The molecule has 5 nitrogen and oxygen atoms in total. The van der Waals surface area contributed by atoms with Crippen molar-refractivity contribution in [2.24, 2.45) is 0 Å². The summed E-state index contributed by atoms with van der Waals surface area (Å²) in [5, 5.41) is 3.25. The molecule has 0 unspecified atom stereocenters. The molecule has 0 radical (unpaired) electrons. The van der Waals surface area contributed by atoms with Crippen LogP contribution in [0.5, 0.6) is 0 Å². The second kappa shape index (κ2) is 6.09. The summed E-state index contributed by atoms with van der Waals surface area (Å²) >= 11 is 1.67. The van der Waals surface area contributed by atoms with Gasteiger partial charge in [-0.15, -0.1) is 0 Å². The summed E-state index contributed by atoms with van der Waals surface area (Å²) in [4.78, 5) is 15.4. The molecule has 0 spiro atoms. The molecule has 2 aromatic heterocycles. The predicted molar refractivity (Wildman–Crippen MR) is 82.6 cm³/mol. The van der Waals surface area contributed by atoms with Gasteiger partial charge >= 0.3 is 0 Å². The van der Waals surface area contributed by atoms with Crippen molar-refractivity contribution in [2.75, 3.05) is 11.6 Å². The van der Waals surface area contributed by atoms with Crippen LogP contribution in [0.15, 0.2) is 30.9 Å². The fraction of sp³-hybridized carbons (Fsp3) is 0.214. The highest BCUT2D eigenvalue weighted by atomic mass is 32.2. The molecule has 0 atom stereocenters. The highest BCUT2D eigenvalue weighted by Gasteiger charge is 2.08. The van der Waals surface area contributed by atoms with Crippen LogP contribution in [0.1, 0.15) is 11.1 Å². The Labute approximate surface area is 125 Å². The molecular weight excluding hydrogens is 289 g/mol. The van der Waals surface area contributed by atoms with Crippen LogP contribution in [0.2, 0.25) is 0 Å². The first kappa shape index (κ1) is 13.8. The lowest BCUT2D eigenvalue weighted by Crippen LogP contribution is -2.05. The largest absolute Gasteiger partial charge is 0.364 e. The number of rotatable bonds is 5. The second-order valence-electron chi connectivity index (χ2n) is 4.52. The highest BCUT2D eigenvalue weighted by molar-refractivity contribution is 7.97. The van der Waals surface area contributed by atoms with Gasteiger partial charge in [-0.3, -0.25) is 0 Å². The maximum absolute atomic E-state index is 13.3. The molecule has 0 amide bonds. The van der Waals surface area contributed by atoms with Crippen LogP contribution in [-0.4, -0.2) is 26.2 Å². The van der Waals surface area contributed by atoms with Crippen molar-refractivity contribution < 1.29 is 4.39 Å². The third kappa shape index (κ3) is 2.97. The minimum atomic E-state index is -0.208. The van der Waals surface area contributed by atoms with Gasteiger partial charge in [0.05, 0.1) is 6.33 Å². The number of thioether (sulfide) groups is 1. The van der Waals surface area contributed by atoms with Crippen molar-refractivity contribution in [3.8, 4) is 0 Å². The standard InChI is InChI=1S/C14H14FN5S/c1-21-6-10-4-11(15)3-2-9(10)5-16-13-12-14(18-7-17-12)20-8-19-13/h2-4,7-8H,5-6H2,1H3,(H2,16,17,18,19,20). The highest BCUT2D eigenvalue weighted by Crippen LogP contribution is 2.20. The molecule has 108 valence electrons. The van der Waals surface area contributed by atoms with E-state index in [1.165, 1.54) is 12.4 Å². The number of hydrogen-bond acceptors (Lipinski definition) is 5. The number of benzene rings is 1. The van der Waals surface area contributed by atoms with E-state index in [1.54, 1.807) is 30.2 Å². The van der Waals surface area contributed by atoms with E-state index in [0.29, 0.717) is 18.0 Å². The average molecular weight is 303 g/mol. The van der Waals surface area contributed by atoms with E-state index < -0.39 is 0 Å². The van der Waals surface area contributed by atoms with E-state index in [9.17, 15) is 4.39 Å². The third-order valence-corrected chi connectivity index (χ3v) is 3.74. The third-order valence-electron chi connectivity index (χ3n) is 3.14. The molecule has 3 aromatic rings. The first-order valence-electron chi connectivity index (χ1n) is 6.42. The Morgan fingerprint density at radius 1 is 1.24 bits per heavy atom. The molecule has 21 heavy (non-hydrogen) atoms. The molecular formula is C14H14FN5S. The number of halogens is 1. The summed E-state index contributed by atoms with van der Waals surface area (Å²) in [6, 6.07) is 4.87. The fourth-order valence-electron chi connectivity index (χ4n) is 2.13. The van der Waals surface area contributed by atoms with Gasteiger partial charge in [-0.25, -0.2) is 19.3 Å². The lowest BCUT2D eigenvalue weighted by Gasteiger charge is -2.11. The van der Waals surface area contributed by atoms with Crippen LogP contribution in [0.4, 0.5) is 10.2 Å². The monoisotopic (exact) mass is 303 g/mol. The zero-order chi connectivity index (χ0) is 14.7. The predicted octanol–water partition coefficient (Wildman–Crippen LogP) is 2.97. The van der Waals surface area contributed by atoms with E-state index in [4.69, 9.17) is 0 Å². The van der Waals surface area contributed by atoms with Crippen LogP contribution in [0.25, 0.3) is 11.2 Å². The maximum atomic E-state index is 13.3. The number of fused-ring (bicyclic) bond motifs is 1. The summed E-state index contributed by atoms with van der Waals surface area (Å²) in [6.07, 6.45) is 5.06. The Balaban J connectivity index is 1.83. The Hall–Kier alpha value is -2.15. The summed E-state index contributed by atoms with van der Waals surface area (Å²) < 4.78 is 13.3. The summed E-state index contributed by atoms with van der Waals surface area (Å²) in [6.45, 7) is 0.571. The molecule has 0 aliphatic rings. The Morgan fingerprint density at radius 2 is 2.14 bits per heavy atom. The van der Waals surface area contributed by atoms with Gasteiger partial charge in [-0.2, -0.15) is 11.8 Å². The van der Waals surface area contributed by atoms with Crippen molar-refractivity contribution in [1.29, 1.82) is 0 Å². The Morgan fingerprint density at radius 3 is 3.00 bits per heavy atom. The number of hydrogen-bond donors (Lipinski definition) is 2. The lowest BCUT2D eigenvalue weighted by atomic mass is 10.1. The van der Waals surface area contributed by atoms with E-state index in [0.717, 1.165) is 22.4 Å². The average Bonchev–Trinajstić information content (AvgIpc) is 2.96. The van der Waals surface area contributed by atoms with Crippen LogP contribution < -0.4 is 5.32 Å². The van der Waals surface area contributed by atoms with Crippen molar-refractivity contribution >= 4 is 28.7 Å². The van der Waals surface area contributed by atoms with Gasteiger partial charge < -0.3 is 10.3 Å². The normalized spacial score (nSPS) is 11.0.